The summed E-state index contributed by atoms with van der Waals surface area (Å²) in [6.45, 7) is 8.12. The summed E-state index contributed by atoms with van der Waals surface area (Å²) < 4.78 is 0. The molecule has 1 aromatic carbocycles. The lowest BCUT2D eigenvalue weighted by molar-refractivity contribution is 0.133. The largest absolute Gasteiger partial charge is 0.334 e. The minimum atomic E-state index is 0.00610. The average molecular weight is 496 g/mol. The molecule has 8 nitrogen and oxygen atoms in total. The molecule has 2 aliphatic heterocycles. The van der Waals surface area contributed by atoms with Crippen LogP contribution in [0.2, 0.25) is 0 Å². The molecule has 2 N–H and O–H groups in total. The fraction of sp³-hybridized carbons (Fsp3) is 0.379. The Morgan fingerprint density at radius 1 is 1.16 bits per heavy atom. The number of amides is 2. The molecule has 1 saturated heterocycles. The molecule has 0 radical (unpaired) electrons. The lowest BCUT2D eigenvalue weighted by atomic mass is 9.95. The highest BCUT2D eigenvalue weighted by Crippen LogP contribution is 2.29. The fourth-order valence-corrected chi connectivity index (χ4v) is 5.79. The van der Waals surface area contributed by atoms with Crippen molar-refractivity contribution in [2.75, 3.05) is 19.6 Å². The number of benzene rings is 1. The number of carbonyl (C=O) groups is 1. The van der Waals surface area contributed by atoms with Crippen LogP contribution >= 0.6 is 0 Å². The summed E-state index contributed by atoms with van der Waals surface area (Å²) in [7, 11) is 0. The van der Waals surface area contributed by atoms with Gasteiger partial charge < -0.3 is 10.2 Å². The van der Waals surface area contributed by atoms with Crippen LogP contribution in [0.4, 0.5) is 4.79 Å². The van der Waals surface area contributed by atoms with E-state index in [1.54, 1.807) is 0 Å². The van der Waals surface area contributed by atoms with Gasteiger partial charge in [-0.3, -0.25) is 20.0 Å². The lowest BCUT2D eigenvalue weighted by Gasteiger charge is -2.38. The van der Waals surface area contributed by atoms with Crippen LogP contribution in [0.1, 0.15) is 36.0 Å². The Morgan fingerprint density at radius 3 is 2.95 bits per heavy atom. The van der Waals surface area contributed by atoms with Crippen molar-refractivity contribution in [3.8, 4) is 11.3 Å². The summed E-state index contributed by atoms with van der Waals surface area (Å²) in [5.74, 6) is 0.503. The number of nitrogens with one attached hydrogen (secondary N) is 2. The van der Waals surface area contributed by atoms with Crippen molar-refractivity contribution in [3.63, 3.8) is 0 Å². The Balaban J connectivity index is 1.11. The number of aryl methyl sites for hydroxylation is 1. The molecule has 4 aromatic rings. The summed E-state index contributed by atoms with van der Waals surface area (Å²) >= 11 is 0. The SMILES string of the molecule is Cc1cc(-c2n[nH]c3c2CN(C(=O)NC2CC(C)CN(Cc4ccc5ccccc5n4)C2)CC3)ccn1. The molecule has 8 heteroatoms. The highest BCUT2D eigenvalue weighted by Gasteiger charge is 2.30. The number of aromatic nitrogens is 4. The van der Waals surface area contributed by atoms with Crippen molar-refractivity contribution in [3.05, 3.63) is 77.4 Å². The molecule has 1 fully saturated rings. The molecule has 0 bridgehead atoms. The number of hydrogen-bond donors (Lipinski definition) is 2. The van der Waals surface area contributed by atoms with Crippen LogP contribution in [0.25, 0.3) is 22.2 Å². The van der Waals surface area contributed by atoms with Crippen LogP contribution in [0.5, 0.6) is 0 Å². The van der Waals surface area contributed by atoms with Gasteiger partial charge in [0.1, 0.15) is 0 Å². The zero-order valence-corrected chi connectivity index (χ0v) is 21.4. The van der Waals surface area contributed by atoms with Crippen molar-refractivity contribution in [1.82, 2.24) is 35.3 Å². The van der Waals surface area contributed by atoms with Gasteiger partial charge in [0.15, 0.2) is 0 Å². The molecule has 0 spiro atoms. The van der Waals surface area contributed by atoms with Crippen LogP contribution in [0, 0.1) is 12.8 Å². The number of carbonyl (C=O) groups excluding carboxylic acids is 1. The van der Waals surface area contributed by atoms with Gasteiger partial charge in [0.2, 0.25) is 0 Å². The minimum absolute atomic E-state index is 0.00610. The summed E-state index contributed by atoms with van der Waals surface area (Å²) in [4.78, 5) is 26.9. The molecule has 0 aliphatic carbocycles. The second-order valence-corrected chi connectivity index (χ2v) is 10.6. The molecule has 2 atom stereocenters. The normalized spacial score (nSPS) is 20.1. The van der Waals surface area contributed by atoms with Crippen molar-refractivity contribution >= 4 is 16.9 Å². The summed E-state index contributed by atoms with van der Waals surface area (Å²) in [6.07, 6.45) is 3.57. The van der Waals surface area contributed by atoms with Crippen LogP contribution < -0.4 is 5.32 Å². The van der Waals surface area contributed by atoms with Gasteiger partial charge in [-0.05, 0) is 43.5 Å². The monoisotopic (exact) mass is 495 g/mol. The third-order valence-electron chi connectivity index (χ3n) is 7.50. The Morgan fingerprint density at radius 2 is 2.05 bits per heavy atom. The highest BCUT2D eigenvalue weighted by molar-refractivity contribution is 5.78. The maximum absolute atomic E-state index is 13.4. The first-order chi connectivity index (χ1) is 18.0. The van der Waals surface area contributed by atoms with E-state index in [1.165, 1.54) is 0 Å². The third-order valence-corrected chi connectivity index (χ3v) is 7.50. The van der Waals surface area contributed by atoms with E-state index in [0.29, 0.717) is 19.0 Å². The van der Waals surface area contributed by atoms with Gasteiger partial charge >= 0.3 is 6.03 Å². The number of para-hydroxylation sites is 1. The van der Waals surface area contributed by atoms with Gasteiger partial charge in [-0.15, -0.1) is 0 Å². The molecule has 5 heterocycles. The van der Waals surface area contributed by atoms with Gasteiger partial charge in [-0.1, -0.05) is 31.2 Å². The number of urea groups is 1. The summed E-state index contributed by atoms with van der Waals surface area (Å²) in [5, 5.41) is 12.3. The van der Waals surface area contributed by atoms with E-state index in [4.69, 9.17) is 4.98 Å². The number of H-pyrrole nitrogens is 1. The zero-order valence-electron chi connectivity index (χ0n) is 21.4. The summed E-state index contributed by atoms with van der Waals surface area (Å²) in [6, 6.07) is 16.6. The van der Waals surface area contributed by atoms with E-state index in [0.717, 1.165) is 77.3 Å². The van der Waals surface area contributed by atoms with Crippen LogP contribution in [0.15, 0.2) is 54.7 Å². The Bertz CT molecular complexity index is 1430. The topological polar surface area (TPSA) is 90.0 Å². The maximum Gasteiger partial charge on any atom is 0.317 e. The molecule has 37 heavy (non-hydrogen) atoms. The van der Waals surface area contributed by atoms with E-state index >= 15 is 0 Å². The molecule has 0 saturated carbocycles. The molecule has 2 amide bonds. The van der Waals surface area contributed by atoms with E-state index in [2.05, 4.69) is 56.6 Å². The predicted octanol–water partition coefficient (Wildman–Crippen LogP) is 4.31. The molecule has 190 valence electrons. The van der Waals surface area contributed by atoms with E-state index in [9.17, 15) is 4.79 Å². The number of piperidine rings is 1. The Labute approximate surface area is 217 Å². The van der Waals surface area contributed by atoms with Gasteiger partial charge in [0.25, 0.3) is 0 Å². The molecular weight excluding hydrogens is 462 g/mol. The Kier molecular flexibility index (Phi) is 6.34. The van der Waals surface area contributed by atoms with E-state index in [-0.39, 0.29) is 12.1 Å². The van der Waals surface area contributed by atoms with Crippen molar-refractivity contribution in [2.45, 2.75) is 45.8 Å². The first kappa shape index (κ1) is 23.6. The standard InChI is InChI=1S/C29H33N7O/c1-19-13-24(17-35(15-19)16-23-8-7-21-5-3-4-6-26(21)31-23)32-29(37)36-12-10-27-25(18-36)28(34-33-27)22-9-11-30-20(2)14-22/h3-9,11,14,19,24H,10,12-13,15-18H2,1-2H3,(H,32,37)(H,33,34). The zero-order chi connectivity index (χ0) is 25.4. The van der Waals surface area contributed by atoms with Gasteiger partial charge in [-0.25, -0.2) is 4.79 Å². The molecule has 2 unspecified atom stereocenters. The van der Waals surface area contributed by atoms with Gasteiger partial charge in [0.05, 0.1) is 23.4 Å². The molecule has 6 rings (SSSR count). The third kappa shape index (κ3) is 5.06. The maximum atomic E-state index is 13.4. The first-order valence-electron chi connectivity index (χ1n) is 13.1. The number of hydrogen-bond acceptors (Lipinski definition) is 5. The van der Waals surface area contributed by atoms with E-state index in [1.807, 2.05) is 42.3 Å². The van der Waals surface area contributed by atoms with Crippen molar-refractivity contribution in [2.24, 2.45) is 5.92 Å². The number of fused-ring (bicyclic) bond motifs is 2. The van der Waals surface area contributed by atoms with E-state index < -0.39 is 0 Å². The number of nitrogens with zero attached hydrogens (tertiary/aromatic N) is 5. The highest BCUT2D eigenvalue weighted by atomic mass is 16.2. The first-order valence-corrected chi connectivity index (χ1v) is 13.1. The van der Waals surface area contributed by atoms with Crippen LogP contribution in [-0.4, -0.2) is 61.7 Å². The number of aromatic amines is 1. The molecular formula is C29H33N7O. The number of likely N-dealkylation sites (tertiary alicyclic amines) is 1. The van der Waals surface area contributed by atoms with Gasteiger partial charge in [0, 0.05) is 72.7 Å². The lowest BCUT2D eigenvalue weighted by Crippen LogP contribution is -2.53. The second-order valence-electron chi connectivity index (χ2n) is 10.6. The predicted molar refractivity (Wildman–Crippen MR) is 144 cm³/mol. The Hall–Kier alpha value is -3.78. The van der Waals surface area contributed by atoms with Crippen LogP contribution in [0.3, 0.4) is 0 Å². The van der Waals surface area contributed by atoms with Crippen molar-refractivity contribution < 1.29 is 4.79 Å². The number of rotatable bonds is 4. The smallest absolute Gasteiger partial charge is 0.317 e. The second kappa shape index (κ2) is 9.94. The average Bonchev–Trinajstić information content (AvgIpc) is 3.32. The minimum Gasteiger partial charge on any atom is -0.334 e. The van der Waals surface area contributed by atoms with Gasteiger partial charge in [-0.2, -0.15) is 5.10 Å². The molecule has 2 aliphatic rings. The number of pyridine rings is 2. The molecule has 3 aromatic heterocycles. The summed E-state index contributed by atoms with van der Waals surface area (Å²) in [5.41, 5.74) is 7.22. The van der Waals surface area contributed by atoms with Crippen molar-refractivity contribution in [1.29, 1.82) is 0 Å². The quantitative estimate of drug-likeness (QED) is 0.440. The van der Waals surface area contributed by atoms with Crippen LogP contribution in [-0.2, 0) is 19.5 Å². The fourth-order valence-electron chi connectivity index (χ4n) is 5.79.